The number of hydrogen-bond acceptors (Lipinski definition) is 6. The van der Waals surface area contributed by atoms with E-state index in [4.69, 9.17) is 9.47 Å². The fourth-order valence-electron chi connectivity index (χ4n) is 4.34. The number of amides is 4. The van der Waals surface area contributed by atoms with E-state index in [1.165, 1.54) is 6.92 Å². The average Bonchev–Trinajstić information content (AvgIpc) is 3.15. The molecule has 2 heterocycles. The lowest BCUT2D eigenvalue weighted by molar-refractivity contribution is -0.121. The number of aryl methyl sites for hydroxylation is 1. The van der Waals surface area contributed by atoms with E-state index in [0.29, 0.717) is 22.9 Å². The highest BCUT2D eigenvalue weighted by Crippen LogP contribution is 2.35. The number of imide groups is 1. The number of fused-ring (bicyclic) bond motifs is 2. The van der Waals surface area contributed by atoms with Crippen molar-refractivity contribution in [2.24, 2.45) is 0 Å². The smallest absolute Gasteiger partial charge is 0.265 e. The first-order valence-corrected chi connectivity index (χ1v) is 11.9. The topological polar surface area (TPSA) is 105 Å². The third-order valence-corrected chi connectivity index (χ3v) is 6.37. The fraction of sp³-hybridized carbons (Fsp3) is 0.214. The van der Waals surface area contributed by atoms with Gasteiger partial charge in [0.2, 0.25) is 5.91 Å². The van der Waals surface area contributed by atoms with E-state index in [-0.39, 0.29) is 36.8 Å². The van der Waals surface area contributed by atoms with Gasteiger partial charge in [-0.3, -0.25) is 24.1 Å². The summed E-state index contributed by atoms with van der Waals surface area (Å²) in [6, 6.07) is 18.0. The van der Waals surface area contributed by atoms with Crippen LogP contribution in [0.3, 0.4) is 0 Å². The van der Waals surface area contributed by atoms with Crippen molar-refractivity contribution in [3.8, 4) is 11.5 Å². The summed E-state index contributed by atoms with van der Waals surface area (Å²) in [6.45, 7) is 3.94. The molecule has 2 aliphatic rings. The highest BCUT2D eigenvalue weighted by Gasteiger charge is 2.40. The zero-order chi connectivity index (χ0) is 26.1. The molecule has 1 atom stereocenters. The zero-order valence-corrected chi connectivity index (χ0v) is 20.4. The summed E-state index contributed by atoms with van der Waals surface area (Å²) >= 11 is 0. The third-order valence-electron chi connectivity index (χ3n) is 6.37. The van der Waals surface area contributed by atoms with Gasteiger partial charge in [0.1, 0.15) is 24.1 Å². The largest absolute Gasteiger partial charge is 0.492 e. The maximum Gasteiger partial charge on any atom is 0.265 e. The van der Waals surface area contributed by atoms with Gasteiger partial charge in [-0.2, -0.15) is 0 Å². The van der Waals surface area contributed by atoms with Gasteiger partial charge in [0.05, 0.1) is 23.4 Å². The lowest BCUT2D eigenvalue weighted by Crippen LogP contribution is -2.45. The standard InChI is InChI=1S/C28H25N3O6/c1-17-7-10-20(11-8-17)36-14-13-30-23-15-19(9-12-24(23)37-16-25(30)32)29-26(33)18(2)31-27(34)21-5-3-4-6-22(21)28(31)35/h3-12,15,18H,13-14,16H2,1-2H3,(H,29,33). The number of nitrogens with zero attached hydrogens (tertiary/aromatic N) is 2. The van der Waals surface area contributed by atoms with Crippen molar-refractivity contribution < 1.29 is 28.7 Å². The molecule has 0 spiro atoms. The van der Waals surface area contributed by atoms with Crippen molar-refractivity contribution in [1.29, 1.82) is 0 Å². The number of carbonyl (C=O) groups excluding carboxylic acids is 4. The number of benzene rings is 3. The van der Waals surface area contributed by atoms with Gasteiger partial charge >= 0.3 is 0 Å². The third kappa shape index (κ3) is 4.63. The monoisotopic (exact) mass is 499 g/mol. The molecule has 37 heavy (non-hydrogen) atoms. The summed E-state index contributed by atoms with van der Waals surface area (Å²) in [7, 11) is 0. The Morgan fingerprint density at radius 3 is 2.35 bits per heavy atom. The van der Waals surface area contributed by atoms with E-state index >= 15 is 0 Å². The van der Waals surface area contributed by atoms with Crippen LogP contribution in [0.1, 0.15) is 33.2 Å². The molecule has 1 unspecified atom stereocenters. The number of carbonyl (C=O) groups is 4. The van der Waals surface area contributed by atoms with Gasteiger partial charge in [0.25, 0.3) is 17.7 Å². The van der Waals surface area contributed by atoms with Crippen molar-refractivity contribution in [1.82, 2.24) is 4.90 Å². The van der Waals surface area contributed by atoms with Crippen molar-refractivity contribution in [3.05, 3.63) is 83.4 Å². The Labute approximate surface area is 213 Å². The SMILES string of the molecule is Cc1ccc(OCCN2C(=O)COc3ccc(NC(=O)C(C)N4C(=O)c5ccccc5C4=O)cc32)cc1. The molecule has 0 aliphatic carbocycles. The van der Waals surface area contributed by atoms with Gasteiger partial charge < -0.3 is 19.7 Å². The van der Waals surface area contributed by atoms with Crippen molar-refractivity contribution in [2.75, 3.05) is 30.0 Å². The highest BCUT2D eigenvalue weighted by atomic mass is 16.5. The average molecular weight is 500 g/mol. The molecule has 0 radical (unpaired) electrons. The minimum Gasteiger partial charge on any atom is -0.492 e. The van der Waals surface area contributed by atoms with Crippen LogP contribution >= 0.6 is 0 Å². The molecular formula is C28H25N3O6. The highest BCUT2D eigenvalue weighted by molar-refractivity contribution is 6.23. The molecule has 9 nitrogen and oxygen atoms in total. The van der Waals surface area contributed by atoms with Crippen LogP contribution in [-0.2, 0) is 9.59 Å². The molecule has 188 valence electrons. The Balaban J connectivity index is 1.28. The predicted octanol–water partition coefficient (Wildman–Crippen LogP) is 3.42. The van der Waals surface area contributed by atoms with Crippen LogP contribution in [0, 0.1) is 6.92 Å². The van der Waals surface area contributed by atoms with Gasteiger partial charge in [-0.25, -0.2) is 0 Å². The Bertz CT molecular complexity index is 1370. The number of nitrogens with one attached hydrogen (secondary N) is 1. The molecule has 3 aromatic carbocycles. The van der Waals surface area contributed by atoms with Gasteiger partial charge in [-0.05, 0) is 56.3 Å². The maximum atomic E-state index is 13.0. The van der Waals surface area contributed by atoms with E-state index in [1.807, 2.05) is 31.2 Å². The molecular weight excluding hydrogens is 474 g/mol. The second-order valence-corrected chi connectivity index (χ2v) is 8.87. The lowest BCUT2D eigenvalue weighted by atomic mass is 10.1. The summed E-state index contributed by atoms with van der Waals surface area (Å²) in [5, 5.41) is 2.75. The molecule has 4 amide bonds. The summed E-state index contributed by atoms with van der Waals surface area (Å²) in [5.41, 5.74) is 2.57. The molecule has 0 fully saturated rings. The lowest BCUT2D eigenvalue weighted by Gasteiger charge is -2.30. The van der Waals surface area contributed by atoms with E-state index in [2.05, 4.69) is 5.32 Å². The van der Waals surface area contributed by atoms with Crippen LogP contribution in [0.25, 0.3) is 0 Å². The molecule has 3 aromatic rings. The number of hydrogen-bond donors (Lipinski definition) is 1. The van der Waals surface area contributed by atoms with Crippen molar-refractivity contribution in [2.45, 2.75) is 19.9 Å². The summed E-state index contributed by atoms with van der Waals surface area (Å²) in [4.78, 5) is 53.6. The number of anilines is 2. The molecule has 0 saturated heterocycles. The summed E-state index contributed by atoms with van der Waals surface area (Å²) in [5.74, 6) is -0.578. The minimum absolute atomic E-state index is 0.0972. The van der Waals surface area contributed by atoms with Crippen LogP contribution in [0.4, 0.5) is 11.4 Å². The summed E-state index contributed by atoms with van der Waals surface area (Å²) in [6.07, 6.45) is 0. The first kappa shape index (κ1) is 24.1. The first-order valence-electron chi connectivity index (χ1n) is 11.9. The molecule has 1 N–H and O–H groups in total. The second-order valence-electron chi connectivity index (χ2n) is 8.87. The quantitative estimate of drug-likeness (QED) is 0.500. The van der Waals surface area contributed by atoms with Gasteiger partial charge in [-0.1, -0.05) is 29.8 Å². The Morgan fingerprint density at radius 1 is 1.00 bits per heavy atom. The Hall–Kier alpha value is -4.66. The maximum absolute atomic E-state index is 13.0. The number of ether oxygens (including phenoxy) is 2. The van der Waals surface area contributed by atoms with Crippen LogP contribution in [0.15, 0.2) is 66.7 Å². The van der Waals surface area contributed by atoms with Crippen molar-refractivity contribution in [3.63, 3.8) is 0 Å². The van der Waals surface area contributed by atoms with Crippen LogP contribution in [0.2, 0.25) is 0 Å². The molecule has 2 aliphatic heterocycles. The second kappa shape index (κ2) is 9.77. The van der Waals surface area contributed by atoms with Gasteiger partial charge in [0, 0.05) is 5.69 Å². The van der Waals surface area contributed by atoms with Crippen molar-refractivity contribution >= 4 is 35.0 Å². The van der Waals surface area contributed by atoms with E-state index < -0.39 is 23.8 Å². The first-order chi connectivity index (χ1) is 17.8. The minimum atomic E-state index is -1.04. The van der Waals surface area contributed by atoms with Gasteiger partial charge in [0.15, 0.2) is 6.61 Å². The van der Waals surface area contributed by atoms with Gasteiger partial charge in [-0.15, -0.1) is 0 Å². The fourth-order valence-corrected chi connectivity index (χ4v) is 4.34. The Morgan fingerprint density at radius 2 is 1.68 bits per heavy atom. The predicted molar refractivity (Wildman–Crippen MR) is 136 cm³/mol. The van der Waals surface area contributed by atoms with E-state index in [9.17, 15) is 19.2 Å². The van der Waals surface area contributed by atoms with Crippen LogP contribution in [-0.4, -0.2) is 54.3 Å². The van der Waals surface area contributed by atoms with Crippen LogP contribution < -0.4 is 19.7 Å². The van der Waals surface area contributed by atoms with Crippen LogP contribution in [0.5, 0.6) is 11.5 Å². The normalized spacial score (nSPS) is 15.1. The molecule has 0 bridgehead atoms. The molecule has 0 saturated carbocycles. The van der Waals surface area contributed by atoms with E-state index in [0.717, 1.165) is 10.5 Å². The summed E-state index contributed by atoms with van der Waals surface area (Å²) < 4.78 is 11.3. The molecule has 0 aromatic heterocycles. The zero-order valence-electron chi connectivity index (χ0n) is 20.4. The van der Waals surface area contributed by atoms with E-state index in [1.54, 1.807) is 47.4 Å². The number of rotatable bonds is 7. The Kier molecular flexibility index (Phi) is 6.35. The molecule has 5 rings (SSSR count). The molecule has 9 heteroatoms.